The van der Waals surface area contributed by atoms with Crippen LogP contribution in [0, 0.1) is 11.3 Å². The molecule has 3 aromatic carbocycles. The average Bonchev–Trinajstić information content (AvgIpc) is 2.79. The van der Waals surface area contributed by atoms with E-state index in [1.165, 1.54) is 13.2 Å². The fourth-order valence-electron chi connectivity index (χ4n) is 2.71. The molecule has 0 heterocycles. The highest BCUT2D eigenvalue weighted by molar-refractivity contribution is 9.10. The van der Waals surface area contributed by atoms with Gasteiger partial charge in [0.25, 0.3) is 5.91 Å². The molecular weight excluding hydrogens is 560 g/mol. The van der Waals surface area contributed by atoms with Gasteiger partial charge in [-0.2, -0.15) is 5.26 Å². The lowest BCUT2D eigenvalue weighted by atomic mass is 10.1. The molecule has 5 nitrogen and oxygen atoms in total. The Hall–Kier alpha value is -2.79. The highest BCUT2D eigenvalue weighted by Gasteiger charge is 2.14. The minimum atomic E-state index is -0.510. The molecule has 1 amide bonds. The van der Waals surface area contributed by atoms with Gasteiger partial charge in [-0.15, -0.1) is 0 Å². The van der Waals surface area contributed by atoms with E-state index in [4.69, 9.17) is 21.1 Å². The number of ether oxygens (including phenoxy) is 2. The first kappa shape index (κ1) is 23.9. The number of hydrogen-bond acceptors (Lipinski definition) is 4. The lowest BCUT2D eigenvalue weighted by Gasteiger charge is -2.13. The van der Waals surface area contributed by atoms with Crippen molar-refractivity contribution in [2.45, 2.75) is 6.61 Å². The zero-order valence-electron chi connectivity index (χ0n) is 16.9. The van der Waals surface area contributed by atoms with Crippen LogP contribution in [0.4, 0.5) is 5.69 Å². The van der Waals surface area contributed by atoms with Gasteiger partial charge >= 0.3 is 0 Å². The zero-order chi connectivity index (χ0) is 23.1. The van der Waals surface area contributed by atoms with E-state index in [-0.39, 0.29) is 5.57 Å². The minimum absolute atomic E-state index is 0.0505. The van der Waals surface area contributed by atoms with E-state index < -0.39 is 5.91 Å². The van der Waals surface area contributed by atoms with Gasteiger partial charge in [0, 0.05) is 19.7 Å². The van der Waals surface area contributed by atoms with E-state index in [1.54, 1.807) is 48.5 Å². The summed E-state index contributed by atoms with van der Waals surface area (Å²) in [5.74, 6) is 0.479. The van der Waals surface area contributed by atoms with Crippen LogP contribution in [0.15, 0.2) is 75.2 Å². The fourth-order valence-corrected chi connectivity index (χ4v) is 3.54. The summed E-state index contributed by atoms with van der Waals surface area (Å²) in [6.07, 6.45) is 1.49. The van der Waals surface area contributed by atoms with Gasteiger partial charge in [-0.3, -0.25) is 4.79 Å². The first-order chi connectivity index (χ1) is 15.4. The van der Waals surface area contributed by atoms with Crippen molar-refractivity contribution in [3.8, 4) is 17.6 Å². The molecule has 1 N–H and O–H groups in total. The number of nitrogens with one attached hydrogen (secondary N) is 1. The maximum absolute atomic E-state index is 12.6. The van der Waals surface area contributed by atoms with Crippen molar-refractivity contribution in [2.24, 2.45) is 0 Å². The molecule has 0 aromatic heterocycles. The van der Waals surface area contributed by atoms with Crippen molar-refractivity contribution in [3.05, 3.63) is 91.3 Å². The summed E-state index contributed by atoms with van der Waals surface area (Å²) in [6.45, 7) is 0.328. The number of nitriles is 1. The molecule has 8 heteroatoms. The van der Waals surface area contributed by atoms with Gasteiger partial charge in [0.2, 0.25) is 0 Å². The summed E-state index contributed by atoms with van der Waals surface area (Å²) in [5.41, 5.74) is 2.09. The minimum Gasteiger partial charge on any atom is -0.493 e. The molecule has 3 aromatic rings. The van der Waals surface area contributed by atoms with Crippen LogP contribution in [0.2, 0.25) is 5.02 Å². The molecule has 0 saturated carbocycles. The van der Waals surface area contributed by atoms with Gasteiger partial charge in [-0.25, -0.2) is 0 Å². The maximum Gasteiger partial charge on any atom is 0.266 e. The molecule has 0 saturated heterocycles. The van der Waals surface area contributed by atoms with Gasteiger partial charge in [-0.05, 0) is 65.7 Å². The van der Waals surface area contributed by atoms with Crippen molar-refractivity contribution in [1.29, 1.82) is 5.26 Å². The summed E-state index contributed by atoms with van der Waals surface area (Å²) in [4.78, 5) is 12.6. The molecule has 0 aliphatic carbocycles. The first-order valence-corrected chi connectivity index (χ1v) is 11.3. The molecule has 162 valence electrons. The number of carbonyl (C=O) groups is 1. The van der Waals surface area contributed by atoms with E-state index >= 15 is 0 Å². The van der Waals surface area contributed by atoms with Crippen LogP contribution in [-0.4, -0.2) is 13.0 Å². The second kappa shape index (κ2) is 11.2. The summed E-state index contributed by atoms with van der Waals surface area (Å²) in [7, 11) is 1.53. The van der Waals surface area contributed by atoms with Crippen molar-refractivity contribution in [1.82, 2.24) is 0 Å². The normalized spacial score (nSPS) is 10.9. The Bertz CT molecular complexity index is 1190. The number of carbonyl (C=O) groups excluding carboxylic acids is 1. The summed E-state index contributed by atoms with van der Waals surface area (Å²) in [6, 6.07) is 19.8. The van der Waals surface area contributed by atoms with Crippen molar-refractivity contribution in [3.63, 3.8) is 0 Å². The molecule has 0 atom stereocenters. The van der Waals surface area contributed by atoms with Crippen molar-refractivity contribution >= 4 is 61.1 Å². The topological polar surface area (TPSA) is 71.3 Å². The number of halogens is 3. The predicted molar refractivity (Wildman–Crippen MR) is 133 cm³/mol. The lowest BCUT2D eigenvalue weighted by Crippen LogP contribution is -2.13. The van der Waals surface area contributed by atoms with Crippen LogP contribution in [0.25, 0.3) is 6.08 Å². The molecule has 3 rings (SSSR count). The molecule has 0 fully saturated rings. The number of rotatable bonds is 7. The summed E-state index contributed by atoms with van der Waals surface area (Å²) >= 11 is 12.7. The lowest BCUT2D eigenvalue weighted by molar-refractivity contribution is -0.112. The largest absolute Gasteiger partial charge is 0.493 e. The Morgan fingerprint density at radius 1 is 1.09 bits per heavy atom. The van der Waals surface area contributed by atoms with E-state index in [0.29, 0.717) is 38.9 Å². The van der Waals surface area contributed by atoms with Crippen LogP contribution in [-0.2, 0) is 11.4 Å². The third-order valence-electron chi connectivity index (χ3n) is 4.36. The van der Waals surface area contributed by atoms with Gasteiger partial charge in [0.05, 0.1) is 7.11 Å². The van der Waals surface area contributed by atoms with E-state index in [9.17, 15) is 10.1 Å². The summed E-state index contributed by atoms with van der Waals surface area (Å²) in [5, 5.41) is 12.9. The third kappa shape index (κ3) is 6.36. The molecule has 0 aliphatic heterocycles. The predicted octanol–water partition coefficient (Wildman–Crippen LogP) is 7.00. The Kier molecular flexibility index (Phi) is 8.34. The second-order valence-corrected chi connectivity index (χ2v) is 8.78. The number of nitrogens with zero attached hydrogens (tertiary/aromatic N) is 1. The van der Waals surface area contributed by atoms with Crippen LogP contribution < -0.4 is 14.8 Å². The van der Waals surface area contributed by atoms with Crippen LogP contribution >= 0.6 is 43.5 Å². The molecule has 0 radical (unpaired) electrons. The SMILES string of the molecule is COc1cc(/C=C(/C#N)C(=O)Nc2ccc(Br)cc2)c(Br)cc1OCc1ccc(Cl)cc1. The number of anilines is 1. The number of benzene rings is 3. The van der Waals surface area contributed by atoms with Crippen LogP contribution in [0.5, 0.6) is 11.5 Å². The van der Waals surface area contributed by atoms with Gasteiger partial charge in [0.15, 0.2) is 11.5 Å². The Balaban J connectivity index is 1.80. The third-order valence-corrected chi connectivity index (χ3v) is 5.82. The second-order valence-electron chi connectivity index (χ2n) is 6.57. The highest BCUT2D eigenvalue weighted by atomic mass is 79.9. The summed E-state index contributed by atoms with van der Waals surface area (Å²) < 4.78 is 12.9. The van der Waals surface area contributed by atoms with E-state index in [1.807, 2.05) is 18.2 Å². The fraction of sp³-hybridized carbons (Fsp3) is 0.0833. The molecule has 32 heavy (non-hydrogen) atoms. The van der Waals surface area contributed by atoms with E-state index in [2.05, 4.69) is 37.2 Å². The number of hydrogen-bond donors (Lipinski definition) is 1. The Morgan fingerprint density at radius 2 is 1.78 bits per heavy atom. The van der Waals surface area contributed by atoms with Crippen LogP contribution in [0.1, 0.15) is 11.1 Å². The Labute approximate surface area is 207 Å². The number of methoxy groups -OCH3 is 1. The van der Waals surface area contributed by atoms with E-state index in [0.717, 1.165) is 10.0 Å². The quantitative estimate of drug-likeness (QED) is 0.243. The first-order valence-electron chi connectivity index (χ1n) is 9.33. The molecular formula is C24H17Br2ClN2O3. The smallest absolute Gasteiger partial charge is 0.266 e. The van der Waals surface area contributed by atoms with Crippen molar-refractivity contribution < 1.29 is 14.3 Å². The zero-order valence-corrected chi connectivity index (χ0v) is 20.8. The molecule has 0 bridgehead atoms. The molecule has 0 unspecified atom stereocenters. The highest BCUT2D eigenvalue weighted by Crippen LogP contribution is 2.35. The van der Waals surface area contributed by atoms with Gasteiger partial charge in [-0.1, -0.05) is 55.6 Å². The Morgan fingerprint density at radius 3 is 2.41 bits per heavy atom. The monoisotopic (exact) mass is 574 g/mol. The standard InChI is InChI=1S/C24H17Br2ClN2O3/c1-31-22-11-16(10-17(13-28)24(30)29-20-8-4-18(25)5-9-20)21(26)12-23(22)32-14-15-2-6-19(27)7-3-15/h2-12H,14H2,1H3,(H,29,30)/b17-10-. The maximum atomic E-state index is 12.6. The van der Waals surface area contributed by atoms with Crippen LogP contribution in [0.3, 0.4) is 0 Å². The molecule has 0 aliphatic rings. The van der Waals surface area contributed by atoms with Crippen molar-refractivity contribution in [2.75, 3.05) is 12.4 Å². The van der Waals surface area contributed by atoms with Gasteiger partial charge < -0.3 is 14.8 Å². The number of amides is 1. The van der Waals surface area contributed by atoms with Gasteiger partial charge in [0.1, 0.15) is 18.2 Å². The average molecular weight is 577 g/mol. The molecule has 0 spiro atoms.